The Bertz CT molecular complexity index is 963. The molecule has 0 aromatic carbocycles. The third-order valence-electron chi connectivity index (χ3n) is 3.19. The maximum Gasteiger partial charge on any atom is 0.232 e. The Kier molecular flexibility index (Phi) is 4.65. The molecule has 0 saturated carbocycles. The highest BCUT2D eigenvalue weighted by atomic mass is 32.2. The van der Waals surface area contributed by atoms with Gasteiger partial charge in [0.25, 0.3) is 0 Å². The molecular weight excluding hydrogens is 344 g/mol. The van der Waals surface area contributed by atoms with Crippen molar-refractivity contribution >= 4 is 27.2 Å². The maximum atomic E-state index is 11.8. The fraction of sp³-hybridized carbons (Fsp3) is 0.286. The molecule has 0 aliphatic heterocycles. The van der Waals surface area contributed by atoms with E-state index < -0.39 is 10.0 Å². The Labute approximate surface area is 145 Å². The molecule has 3 rings (SSSR count). The van der Waals surface area contributed by atoms with Gasteiger partial charge in [0, 0.05) is 19.3 Å². The minimum absolute atomic E-state index is 0.0604. The largest absolute Gasteiger partial charge is 0.338 e. The van der Waals surface area contributed by atoms with E-state index in [9.17, 15) is 8.42 Å². The molecule has 11 heteroatoms. The average molecular weight is 362 g/mol. The van der Waals surface area contributed by atoms with Crippen LogP contribution in [-0.4, -0.2) is 43.7 Å². The topological polar surface area (TPSA) is 120 Å². The normalized spacial score (nSPS) is 11.4. The predicted octanol–water partition coefficient (Wildman–Crippen LogP) is 1.29. The number of nitrogens with one attached hydrogen (secondary N) is 2. The van der Waals surface area contributed by atoms with Crippen molar-refractivity contribution < 1.29 is 8.42 Å². The van der Waals surface area contributed by atoms with Gasteiger partial charge in [-0.1, -0.05) is 6.92 Å². The highest BCUT2D eigenvalue weighted by Crippen LogP contribution is 2.16. The van der Waals surface area contributed by atoms with Gasteiger partial charge in [-0.25, -0.2) is 23.1 Å². The number of hydrogen-bond acceptors (Lipinski definition) is 7. The zero-order valence-electron chi connectivity index (χ0n) is 13.8. The molecule has 0 bridgehead atoms. The van der Waals surface area contributed by atoms with E-state index in [1.807, 2.05) is 13.2 Å². The van der Waals surface area contributed by atoms with E-state index in [1.54, 1.807) is 30.1 Å². The monoisotopic (exact) mass is 362 g/mol. The number of hydrogen-bond donors (Lipinski definition) is 2. The maximum absolute atomic E-state index is 11.8. The number of sulfonamides is 1. The first-order chi connectivity index (χ1) is 11.9. The Morgan fingerprint density at radius 2 is 1.92 bits per heavy atom. The van der Waals surface area contributed by atoms with Crippen LogP contribution in [0.3, 0.4) is 0 Å². The SMILES string of the molecule is CCCS(=O)(=O)Nc1cnn(-c2cc(Nc3cnn(C)c3)ncn2)c1. The molecule has 2 N–H and O–H groups in total. The first kappa shape index (κ1) is 16.9. The lowest BCUT2D eigenvalue weighted by Gasteiger charge is -2.05. The first-order valence-electron chi connectivity index (χ1n) is 7.58. The quantitative estimate of drug-likeness (QED) is 0.650. The number of aromatic nitrogens is 6. The van der Waals surface area contributed by atoms with Gasteiger partial charge in [-0.05, 0) is 6.42 Å². The summed E-state index contributed by atoms with van der Waals surface area (Å²) in [5.74, 6) is 1.13. The van der Waals surface area contributed by atoms with Crippen molar-refractivity contribution in [3.63, 3.8) is 0 Å². The van der Waals surface area contributed by atoms with Crippen LogP contribution < -0.4 is 10.0 Å². The van der Waals surface area contributed by atoms with Gasteiger partial charge in [0.2, 0.25) is 10.0 Å². The first-order valence-corrected chi connectivity index (χ1v) is 9.23. The summed E-state index contributed by atoms with van der Waals surface area (Å²) in [6, 6.07) is 1.70. The highest BCUT2D eigenvalue weighted by Gasteiger charge is 2.11. The van der Waals surface area contributed by atoms with Crippen LogP contribution in [0.15, 0.2) is 37.2 Å². The molecule has 10 nitrogen and oxygen atoms in total. The Balaban J connectivity index is 1.77. The van der Waals surface area contributed by atoms with Crippen LogP contribution in [-0.2, 0) is 17.1 Å². The summed E-state index contributed by atoms with van der Waals surface area (Å²) in [7, 11) is -1.54. The van der Waals surface area contributed by atoms with E-state index in [4.69, 9.17) is 0 Å². The summed E-state index contributed by atoms with van der Waals surface area (Å²) in [5.41, 5.74) is 1.18. The van der Waals surface area contributed by atoms with Crippen molar-refractivity contribution in [3.05, 3.63) is 37.2 Å². The molecule has 0 amide bonds. The molecule has 0 aliphatic carbocycles. The second-order valence-electron chi connectivity index (χ2n) is 5.38. The van der Waals surface area contributed by atoms with Crippen LogP contribution in [0.1, 0.15) is 13.3 Å². The van der Waals surface area contributed by atoms with E-state index >= 15 is 0 Å². The zero-order chi connectivity index (χ0) is 17.9. The van der Waals surface area contributed by atoms with E-state index in [2.05, 4.69) is 30.2 Å². The Morgan fingerprint density at radius 1 is 1.12 bits per heavy atom. The second-order valence-corrected chi connectivity index (χ2v) is 7.23. The van der Waals surface area contributed by atoms with E-state index in [0.29, 0.717) is 23.7 Å². The molecule has 3 heterocycles. The average Bonchev–Trinajstić information content (AvgIpc) is 3.16. The van der Waals surface area contributed by atoms with Crippen LogP contribution in [0.4, 0.5) is 17.2 Å². The summed E-state index contributed by atoms with van der Waals surface area (Å²) < 4.78 is 29.3. The summed E-state index contributed by atoms with van der Waals surface area (Å²) >= 11 is 0. The van der Waals surface area contributed by atoms with Gasteiger partial charge < -0.3 is 5.32 Å². The minimum atomic E-state index is -3.36. The van der Waals surface area contributed by atoms with Crippen LogP contribution in [0.2, 0.25) is 0 Å². The van der Waals surface area contributed by atoms with Crippen LogP contribution in [0.25, 0.3) is 5.82 Å². The van der Waals surface area contributed by atoms with Gasteiger partial charge in [0.15, 0.2) is 5.82 Å². The summed E-state index contributed by atoms with van der Waals surface area (Å²) in [6.07, 6.45) is 8.43. The number of rotatable bonds is 7. The standard InChI is InChI=1S/C14H18N8O2S/c1-3-4-25(23,24)20-12-7-18-22(9-12)14-5-13(15-10-16-14)19-11-6-17-21(2)8-11/h5-10,20H,3-4H2,1-2H3,(H,15,16,19). The molecule has 3 aromatic rings. The molecule has 25 heavy (non-hydrogen) atoms. The minimum Gasteiger partial charge on any atom is -0.338 e. The fourth-order valence-corrected chi connectivity index (χ4v) is 3.28. The van der Waals surface area contributed by atoms with Gasteiger partial charge in [-0.3, -0.25) is 9.40 Å². The molecule has 0 radical (unpaired) electrons. The number of anilines is 3. The van der Waals surface area contributed by atoms with Crippen molar-refractivity contribution in [1.29, 1.82) is 0 Å². The molecule has 132 valence electrons. The zero-order valence-corrected chi connectivity index (χ0v) is 14.6. The summed E-state index contributed by atoms with van der Waals surface area (Å²) in [4.78, 5) is 8.30. The summed E-state index contributed by atoms with van der Waals surface area (Å²) in [6.45, 7) is 1.81. The van der Waals surface area contributed by atoms with Crippen molar-refractivity contribution in [1.82, 2.24) is 29.5 Å². The van der Waals surface area contributed by atoms with Gasteiger partial charge in [0.05, 0.1) is 35.7 Å². The molecular formula is C14H18N8O2S. The van der Waals surface area contributed by atoms with Crippen molar-refractivity contribution in [2.45, 2.75) is 13.3 Å². The molecule has 0 spiro atoms. The third-order valence-corrected chi connectivity index (χ3v) is 4.69. The lowest BCUT2D eigenvalue weighted by molar-refractivity contribution is 0.600. The highest BCUT2D eigenvalue weighted by molar-refractivity contribution is 7.92. The Morgan fingerprint density at radius 3 is 2.64 bits per heavy atom. The van der Waals surface area contributed by atoms with Gasteiger partial charge >= 0.3 is 0 Å². The smallest absolute Gasteiger partial charge is 0.232 e. The van der Waals surface area contributed by atoms with E-state index in [-0.39, 0.29) is 5.75 Å². The van der Waals surface area contributed by atoms with Gasteiger partial charge in [0.1, 0.15) is 12.1 Å². The molecule has 0 atom stereocenters. The predicted molar refractivity (Wildman–Crippen MR) is 93.3 cm³/mol. The van der Waals surface area contributed by atoms with Crippen molar-refractivity contribution in [2.75, 3.05) is 15.8 Å². The number of aryl methyl sites for hydroxylation is 1. The molecule has 0 saturated heterocycles. The van der Waals surface area contributed by atoms with Crippen LogP contribution >= 0.6 is 0 Å². The van der Waals surface area contributed by atoms with Gasteiger partial charge in [-0.2, -0.15) is 10.2 Å². The summed E-state index contributed by atoms with van der Waals surface area (Å²) in [5, 5.41) is 11.3. The molecule has 0 unspecified atom stereocenters. The molecule has 0 fully saturated rings. The third kappa shape index (κ3) is 4.32. The van der Waals surface area contributed by atoms with Crippen LogP contribution in [0, 0.1) is 0 Å². The van der Waals surface area contributed by atoms with Crippen molar-refractivity contribution in [2.24, 2.45) is 7.05 Å². The fourth-order valence-electron chi connectivity index (χ4n) is 2.17. The van der Waals surface area contributed by atoms with E-state index in [1.165, 1.54) is 17.2 Å². The molecule has 3 aromatic heterocycles. The van der Waals surface area contributed by atoms with Gasteiger partial charge in [-0.15, -0.1) is 0 Å². The molecule has 0 aliphatic rings. The lowest BCUT2D eigenvalue weighted by Crippen LogP contribution is -2.15. The second kappa shape index (κ2) is 6.89. The lowest BCUT2D eigenvalue weighted by atomic mass is 10.5. The van der Waals surface area contributed by atoms with Crippen LogP contribution in [0.5, 0.6) is 0 Å². The van der Waals surface area contributed by atoms with Crippen molar-refractivity contribution in [3.8, 4) is 5.82 Å². The number of nitrogens with zero attached hydrogens (tertiary/aromatic N) is 6. The Hall–Kier alpha value is -2.95. The van der Waals surface area contributed by atoms with E-state index in [0.717, 1.165) is 5.69 Å².